The molecule has 3 atom stereocenters. The van der Waals surface area contributed by atoms with Crippen LogP contribution in [-0.4, -0.2) is 54.1 Å². The molecule has 0 radical (unpaired) electrons. The number of cyclic esters (lactones) is 1. The van der Waals surface area contributed by atoms with E-state index in [4.69, 9.17) is 16.3 Å². The quantitative estimate of drug-likeness (QED) is 0.428. The number of anilines is 1. The predicted molar refractivity (Wildman–Crippen MR) is 104 cm³/mol. The number of ether oxygens (including phenoxy) is 1. The molecule has 1 heterocycles. The van der Waals surface area contributed by atoms with Crippen LogP contribution in [0.15, 0.2) is 35.2 Å². The molecule has 0 spiro atoms. The molecule has 2 aromatic rings. The van der Waals surface area contributed by atoms with Gasteiger partial charge in [-0.3, -0.25) is 4.79 Å². The first kappa shape index (κ1) is 24.0. The Morgan fingerprint density at radius 1 is 1.22 bits per heavy atom. The van der Waals surface area contributed by atoms with Gasteiger partial charge in [-0.2, -0.15) is 0 Å². The third-order valence-electron chi connectivity index (χ3n) is 4.75. The summed E-state index contributed by atoms with van der Waals surface area (Å²) in [5.74, 6) is -7.95. The fourth-order valence-electron chi connectivity index (χ4n) is 2.95. The molecule has 0 unspecified atom stereocenters. The first-order valence-corrected chi connectivity index (χ1v) is 10.9. The molecule has 13 heteroatoms. The minimum atomic E-state index is -4.36. The monoisotopic (exact) mass is 493 g/mol. The molecule has 32 heavy (non-hydrogen) atoms. The first-order chi connectivity index (χ1) is 14.7. The minimum Gasteiger partial charge on any atom is -0.456 e. The highest BCUT2D eigenvalue weighted by Crippen LogP contribution is 2.31. The lowest BCUT2D eigenvalue weighted by Crippen LogP contribution is -2.44. The van der Waals surface area contributed by atoms with Gasteiger partial charge in [0.2, 0.25) is 0 Å². The molecule has 1 fully saturated rings. The van der Waals surface area contributed by atoms with E-state index in [9.17, 15) is 41.4 Å². The van der Waals surface area contributed by atoms with Crippen molar-refractivity contribution in [2.24, 2.45) is 0 Å². The Hall–Kier alpha value is -2.67. The summed E-state index contributed by atoms with van der Waals surface area (Å²) in [5, 5.41) is 21.7. The normalized spacial score (nSPS) is 23.2. The van der Waals surface area contributed by atoms with Crippen molar-refractivity contribution < 1.29 is 46.1 Å². The average molecular weight is 494 g/mol. The Kier molecular flexibility index (Phi) is 6.26. The number of amides is 1. The molecule has 0 bridgehead atoms. The van der Waals surface area contributed by atoms with Crippen molar-refractivity contribution in [3.63, 3.8) is 0 Å². The zero-order valence-electron chi connectivity index (χ0n) is 16.1. The SMILES string of the molecule is C[C@]1(O)C(=O)O[C@H](CS(=O)(=O)c2cc(C(=O)Nc3cc(F)c(F)c(F)c3)ccc2Cl)[C@H]1O. The van der Waals surface area contributed by atoms with E-state index in [1.165, 1.54) is 0 Å². The van der Waals surface area contributed by atoms with E-state index in [1.807, 2.05) is 0 Å². The van der Waals surface area contributed by atoms with Gasteiger partial charge in [0.15, 0.2) is 32.9 Å². The molecule has 2 aromatic carbocycles. The molecule has 3 rings (SSSR count). The van der Waals surface area contributed by atoms with Crippen molar-refractivity contribution >= 4 is 39.0 Å². The molecular formula is C19H15ClF3NO7S. The first-order valence-electron chi connectivity index (χ1n) is 8.83. The van der Waals surface area contributed by atoms with E-state index in [0.717, 1.165) is 25.1 Å². The Balaban J connectivity index is 1.86. The molecule has 3 N–H and O–H groups in total. The molecular weight excluding hydrogens is 479 g/mol. The van der Waals surface area contributed by atoms with Crippen LogP contribution in [0.1, 0.15) is 17.3 Å². The number of halogens is 4. The minimum absolute atomic E-state index is 0.283. The highest BCUT2D eigenvalue weighted by atomic mass is 35.5. The Labute approximate surface area is 184 Å². The average Bonchev–Trinajstić information content (AvgIpc) is 2.88. The summed E-state index contributed by atoms with van der Waals surface area (Å²) in [6.07, 6.45) is -3.43. The van der Waals surface area contributed by atoms with Crippen LogP contribution in [0, 0.1) is 17.5 Å². The van der Waals surface area contributed by atoms with E-state index in [1.54, 1.807) is 0 Å². The maximum Gasteiger partial charge on any atom is 0.341 e. The molecule has 1 aliphatic rings. The van der Waals surface area contributed by atoms with Gasteiger partial charge in [-0.1, -0.05) is 11.6 Å². The van der Waals surface area contributed by atoms with Crippen molar-refractivity contribution in [1.29, 1.82) is 0 Å². The van der Waals surface area contributed by atoms with E-state index < -0.39 is 73.3 Å². The second kappa shape index (κ2) is 8.35. The van der Waals surface area contributed by atoms with E-state index in [-0.39, 0.29) is 10.6 Å². The molecule has 172 valence electrons. The number of aliphatic hydroxyl groups is 2. The van der Waals surface area contributed by atoms with E-state index >= 15 is 0 Å². The van der Waals surface area contributed by atoms with Crippen molar-refractivity contribution in [3.05, 3.63) is 58.4 Å². The third kappa shape index (κ3) is 4.44. The number of hydrogen-bond acceptors (Lipinski definition) is 7. The van der Waals surface area contributed by atoms with Gasteiger partial charge in [-0.25, -0.2) is 26.4 Å². The van der Waals surface area contributed by atoms with Gasteiger partial charge in [-0.05, 0) is 25.1 Å². The largest absolute Gasteiger partial charge is 0.456 e. The van der Waals surface area contributed by atoms with Crippen LogP contribution in [-0.2, 0) is 19.4 Å². The van der Waals surface area contributed by atoms with Crippen LogP contribution >= 0.6 is 11.6 Å². The zero-order valence-corrected chi connectivity index (χ0v) is 17.7. The van der Waals surface area contributed by atoms with Crippen LogP contribution < -0.4 is 5.32 Å². The second-order valence-corrected chi connectivity index (χ2v) is 9.58. The number of sulfone groups is 1. The maximum atomic E-state index is 13.3. The highest BCUT2D eigenvalue weighted by molar-refractivity contribution is 7.91. The lowest BCUT2D eigenvalue weighted by Gasteiger charge is -2.18. The second-order valence-electron chi connectivity index (χ2n) is 7.17. The maximum absolute atomic E-state index is 13.3. The smallest absolute Gasteiger partial charge is 0.341 e. The van der Waals surface area contributed by atoms with Gasteiger partial charge < -0.3 is 20.3 Å². The van der Waals surface area contributed by atoms with Crippen molar-refractivity contribution in [3.8, 4) is 0 Å². The molecule has 0 saturated carbocycles. The number of hydrogen-bond donors (Lipinski definition) is 3. The van der Waals surface area contributed by atoms with E-state index in [0.29, 0.717) is 12.1 Å². The number of carbonyl (C=O) groups is 2. The molecule has 8 nitrogen and oxygen atoms in total. The Morgan fingerprint density at radius 2 is 1.81 bits per heavy atom. The zero-order chi connectivity index (χ0) is 24.0. The van der Waals surface area contributed by atoms with Crippen LogP contribution in [0.2, 0.25) is 5.02 Å². The number of nitrogens with one attached hydrogen (secondary N) is 1. The molecule has 1 saturated heterocycles. The van der Waals surface area contributed by atoms with Gasteiger partial charge in [0.25, 0.3) is 5.91 Å². The Bertz CT molecular complexity index is 1200. The van der Waals surface area contributed by atoms with Crippen LogP contribution in [0.3, 0.4) is 0 Å². The Morgan fingerprint density at radius 3 is 2.34 bits per heavy atom. The summed E-state index contributed by atoms with van der Waals surface area (Å²) >= 11 is 5.94. The van der Waals surface area contributed by atoms with Gasteiger partial charge in [0.05, 0.1) is 15.7 Å². The highest BCUT2D eigenvalue weighted by Gasteiger charge is 2.54. The van der Waals surface area contributed by atoms with Gasteiger partial charge in [0, 0.05) is 23.4 Å². The number of benzene rings is 2. The van der Waals surface area contributed by atoms with Crippen LogP contribution in [0.25, 0.3) is 0 Å². The molecule has 1 amide bonds. The summed E-state index contributed by atoms with van der Waals surface area (Å²) < 4.78 is 70.0. The number of aliphatic hydroxyl groups excluding tert-OH is 1. The summed E-state index contributed by atoms with van der Waals surface area (Å²) in [6, 6.07) is 4.13. The fraction of sp³-hybridized carbons (Fsp3) is 0.263. The number of rotatable bonds is 5. The summed E-state index contributed by atoms with van der Waals surface area (Å²) in [4.78, 5) is 23.5. The van der Waals surface area contributed by atoms with Gasteiger partial charge in [0.1, 0.15) is 12.2 Å². The van der Waals surface area contributed by atoms with Gasteiger partial charge in [-0.15, -0.1) is 0 Å². The standard InChI is InChI=1S/C19H15ClF3NO7S/c1-19(28)16(25)13(31-18(19)27)7-32(29,30)14-4-8(2-3-10(14)20)17(26)24-9-5-11(21)15(23)12(22)6-9/h2-6,13,16,25,28H,7H2,1H3,(H,24,26)/t13-,16-,19-/m1/s1. The summed E-state index contributed by atoms with van der Waals surface area (Å²) in [5.41, 5.74) is -3.01. The lowest BCUT2D eigenvalue weighted by atomic mass is 9.99. The fourth-order valence-corrected chi connectivity index (χ4v) is 4.95. The molecule has 0 aliphatic carbocycles. The van der Waals surface area contributed by atoms with E-state index in [2.05, 4.69) is 5.32 Å². The topological polar surface area (TPSA) is 130 Å². The number of carbonyl (C=O) groups excluding carboxylic acids is 2. The summed E-state index contributed by atoms with van der Waals surface area (Å²) in [7, 11) is -4.36. The lowest BCUT2D eigenvalue weighted by molar-refractivity contribution is -0.154. The molecule has 1 aliphatic heterocycles. The van der Waals surface area contributed by atoms with Gasteiger partial charge >= 0.3 is 5.97 Å². The van der Waals surface area contributed by atoms with Crippen LogP contribution in [0.5, 0.6) is 0 Å². The van der Waals surface area contributed by atoms with Crippen molar-refractivity contribution in [1.82, 2.24) is 0 Å². The third-order valence-corrected chi connectivity index (χ3v) is 6.97. The molecule has 0 aromatic heterocycles. The van der Waals surface area contributed by atoms with Crippen LogP contribution in [0.4, 0.5) is 18.9 Å². The number of esters is 1. The van der Waals surface area contributed by atoms with Crippen molar-refractivity contribution in [2.75, 3.05) is 11.1 Å². The van der Waals surface area contributed by atoms with Crippen molar-refractivity contribution in [2.45, 2.75) is 29.6 Å². The predicted octanol–water partition coefficient (Wildman–Crippen LogP) is 1.82. The summed E-state index contributed by atoms with van der Waals surface area (Å²) in [6.45, 7) is 0.964.